The monoisotopic (exact) mass is 410 g/mol. The van der Waals surface area contributed by atoms with Crippen molar-refractivity contribution < 1.29 is 29.2 Å². The van der Waals surface area contributed by atoms with Crippen molar-refractivity contribution in [2.24, 2.45) is 0 Å². The van der Waals surface area contributed by atoms with Gasteiger partial charge in [-0.05, 0) is 62.7 Å². The van der Waals surface area contributed by atoms with E-state index in [1.165, 1.54) is 0 Å². The van der Waals surface area contributed by atoms with Crippen molar-refractivity contribution in [2.45, 2.75) is 51.5 Å². The Kier molecular flexibility index (Phi) is 5.66. The van der Waals surface area contributed by atoms with E-state index in [1.54, 1.807) is 19.1 Å². The van der Waals surface area contributed by atoms with Crippen LogP contribution in [0.2, 0.25) is 0 Å². The highest BCUT2D eigenvalue weighted by Gasteiger charge is 2.43. The molecule has 3 N–H and O–H groups in total. The molecular formula is C24H26O6. The van der Waals surface area contributed by atoms with E-state index in [4.69, 9.17) is 13.9 Å². The lowest BCUT2D eigenvalue weighted by Gasteiger charge is -2.38. The van der Waals surface area contributed by atoms with Crippen molar-refractivity contribution in [3.8, 4) is 17.1 Å². The van der Waals surface area contributed by atoms with Gasteiger partial charge < -0.3 is 29.2 Å². The lowest BCUT2D eigenvalue weighted by atomic mass is 10.00. The topological polar surface area (TPSA) is 92.3 Å². The summed E-state index contributed by atoms with van der Waals surface area (Å²) in [5.41, 5.74) is 3.91. The van der Waals surface area contributed by atoms with Crippen molar-refractivity contribution in [3.63, 3.8) is 0 Å². The van der Waals surface area contributed by atoms with Crippen LogP contribution < -0.4 is 4.74 Å². The minimum atomic E-state index is -1.35. The fraction of sp³-hybridized carbons (Fsp3) is 0.333. The number of allylic oxidation sites excluding steroid dienone is 1. The van der Waals surface area contributed by atoms with Gasteiger partial charge in [-0.2, -0.15) is 0 Å². The SMILES string of the molecule is CC=Cc1ccc2oc(-c3ccc(OC4OC(C)C(O)C(O)C4O)cc3)c(C)c2c1. The Balaban J connectivity index is 1.56. The summed E-state index contributed by atoms with van der Waals surface area (Å²) in [4.78, 5) is 0. The maximum absolute atomic E-state index is 10.1. The van der Waals surface area contributed by atoms with Crippen LogP contribution in [0.4, 0.5) is 0 Å². The molecule has 30 heavy (non-hydrogen) atoms. The molecule has 1 aliphatic rings. The molecule has 6 nitrogen and oxygen atoms in total. The van der Waals surface area contributed by atoms with Gasteiger partial charge in [0.15, 0.2) is 0 Å². The van der Waals surface area contributed by atoms with Gasteiger partial charge in [-0.15, -0.1) is 0 Å². The summed E-state index contributed by atoms with van der Waals surface area (Å²) in [6.07, 6.45) is -1.50. The van der Waals surface area contributed by atoms with Crippen LogP contribution in [0.25, 0.3) is 28.4 Å². The van der Waals surface area contributed by atoms with Gasteiger partial charge in [0.05, 0.1) is 6.10 Å². The highest BCUT2D eigenvalue weighted by Crippen LogP contribution is 2.35. The second-order valence-electron chi connectivity index (χ2n) is 7.64. The van der Waals surface area contributed by atoms with E-state index in [-0.39, 0.29) is 0 Å². The Morgan fingerprint density at radius 3 is 2.40 bits per heavy atom. The predicted octanol–water partition coefficient (Wildman–Crippen LogP) is 3.65. The second kappa shape index (κ2) is 8.24. The first-order valence-corrected chi connectivity index (χ1v) is 10.0. The molecule has 3 aromatic rings. The fourth-order valence-electron chi connectivity index (χ4n) is 3.74. The molecule has 1 fully saturated rings. The van der Waals surface area contributed by atoms with E-state index >= 15 is 0 Å². The third-order valence-electron chi connectivity index (χ3n) is 5.50. The van der Waals surface area contributed by atoms with E-state index in [9.17, 15) is 15.3 Å². The van der Waals surface area contributed by atoms with Crippen molar-refractivity contribution in [3.05, 3.63) is 59.7 Å². The van der Waals surface area contributed by atoms with Crippen LogP contribution >= 0.6 is 0 Å². The third-order valence-corrected chi connectivity index (χ3v) is 5.50. The van der Waals surface area contributed by atoms with Crippen molar-refractivity contribution >= 4 is 17.0 Å². The van der Waals surface area contributed by atoms with Crippen molar-refractivity contribution in [1.29, 1.82) is 0 Å². The molecule has 0 spiro atoms. The van der Waals surface area contributed by atoms with Gasteiger partial charge >= 0.3 is 0 Å². The van der Waals surface area contributed by atoms with Gasteiger partial charge in [-0.1, -0.05) is 18.2 Å². The van der Waals surface area contributed by atoms with Crippen LogP contribution in [0.1, 0.15) is 25.0 Å². The van der Waals surface area contributed by atoms with E-state index < -0.39 is 30.7 Å². The Bertz CT molecular complexity index is 1050. The summed E-state index contributed by atoms with van der Waals surface area (Å²) in [6.45, 7) is 5.64. The van der Waals surface area contributed by atoms with Gasteiger partial charge in [0.25, 0.3) is 0 Å². The van der Waals surface area contributed by atoms with Gasteiger partial charge in [-0.25, -0.2) is 0 Å². The maximum Gasteiger partial charge on any atom is 0.229 e. The minimum absolute atomic E-state index is 0.475. The van der Waals surface area contributed by atoms with Gasteiger partial charge in [0.2, 0.25) is 6.29 Å². The second-order valence-corrected chi connectivity index (χ2v) is 7.64. The Labute approximate surface area is 175 Å². The molecule has 1 saturated heterocycles. The first-order chi connectivity index (χ1) is 14.4. The lowest BCUT2D eigenvalue weighted by molar-refractivity contribution is -0.268. The third kappa shape index (κ3) is 3.75. The molecule has 5 atom stereocenters. The number of ether oxygens (including phenoxy) is 2. The number of furan rings is 1. The molecule has 0 bridgehead atoms. The Morgan fingerprint density at radius 1 is 0.967 bits per heavy atom. The largest absolute Gasteiger partial charge is 0.462 e. The summed E-state index contributed by atoms with van der Waals surface area (Å²) in [7, 11) is 0. The summed E-state index contributed by atoms with van der Waals surface area (Å²) >= 11 is 0. The molecule has 1 aromatic heterocycles. The van der Waals surface area contributed by atoms with Gasteiger partial charge in [0, 0.05) is 16.5 Å². The molecule has 0 radical (unpaired) electrons. The van der Waals surface area contributed by atoms with Crippen LogP contribution in [-0.2, 0) is 4.74 Å². The van der Waals surface area contributed by atoms with E-state index in [1.807, 2.05) is 44.2 Å². The molecule has 6 heteroatoms. The van der Waals surface area contributed by atoms with Crippen molar-refractivity contribution in [2.75, 3.05) is 0 Å². The Hall–Kier alpha value is -2.64. The first-order valence-electron chi connectivity index (χ1n) is 10.0. The number of hydrogen-bond donors (Lipinski definition) is 3. The summed E-state index contributed by atoms with van der Waals surface area (Å²) in [6, 6.07) is 13.4. The highest BCUT2D eigenvalue weighted by atomic mass is 16.7. The zero-order valence-corrected chi connectivity index (χ0v) is 17.1. The summed E-state index contributed by atoms with van der Waals surface area (Å²) in [5.74, 6) is 1.26. The lowest BCUT2D eigenvalue weighted by Crippen LogP contribution is -2.58. The molecule has 2 heterocycles. The number of aryl methyl sites for hydroxylation is 1. The first kappa shape index (κ1) is 20.6. The van der Waals surface area contributed by atoms with Gasteiger partial charge in [-0.3, -0.25) is 0 Å². The molecule has 0 amide bonds. The molecule has 2 aromatic carbocycles. The summed E-state index contributed by atoms with van der Waals surface area (Å²) < 4.78 is 17.3. The van der Waals surface area contributed by atoms with Crippen LogP contribution in [0.3, 0.4) is 0 Å². The van der Waals surface area contributed by atoms with E-state index in [2.05, 4.69) is 12.1 Å². The average Bonchev–Trinajstić information content (AvgIpc) is 3.07. The van der Waals surface area contributed by atoms with Crippen LogP contribution in [0.5, 0.6) is 5.75 Å². The number of hydrogen-bond acceptors (Lipinski definition) is 6. The van der Waals surface area contributed by atoms with E-state index in [0.717, 1.165) is 33.4 Å². The van der Waals surface area contributed by atoms with Crippen LogP contribution in [0.15, 0.2) is 53.0 Å². The normalized spacial score (nSPS) is 27.1. The number of aliphatic hydroxyl groups excluding tert-OH is 3. The van der Waals surface area contributed by atoms with Gasteiger partial charge in [0.1, 0.15) is 35.4 Å². The highest BCUT2D eigenvalue weighted by molar-refractivity contribution is 5.89. The van der Waals surface area contributed by atoms with Crippen LogP contribution in [-0.4, -0.2) is 46.0 Å². The number of aliphatic hydroxyl groups is 3. The summed E-state index contributed by atoms with van der Waals surface area (Å²) in [5, 5.41) is 30.9. The molecule has 1 aliphatic heterocycles. The molecule has 4 rings (SSSR count). The van der Waals surface area contributed by atoms with Crippen LogP contribution in [0, 0.1) is 6.92 Å². The number of fused-ring (bicyclic) bond motifs is 1. The molecular weight excluding hydrogens is 384 g/mol. The molecule has 158 valence electrons. The molecule has 5 unspecified atom stereocenters. The number of rotatable bonds is 4. The Morgan fingerprint density at radius 2 is 1.70 bits per heavy atom. The predicted molar refractivity (Wildman–Crippen MR) is 114 cm³/mol. The fourth-order valence-corrected chi connectivity index (χ4v) is 3.74. The van der Waals surface area contributed by atoms with E-state index in [0.29, 0.717) is 5.75 Å². The maximum atomic E-state index is 10.1. The number of benzene rings is 2. The standard InChI is InChI=1S/C24H26O6/c1-4-5-15-6-11-19-18(12-15)13(2)23(30-19)16-7-9-17(10-8-16)29-24-22(27)21(26)20(25)14(3)28-24/h4-12,14,20-22,24-27H,1-3H3. The average molecular weight is 410 g/mol. The quantitative estimate of drug-likeness (QED) is 0.608. The minimum Gasteiger partial charge on any atom is -0.462 e. The smallest absolute Gasteiger partial charge is 0.229 e. The van der Waals surface area contributed by atoms with Crippen molar-refractivity contribution in [1.82, 2.24) is 0 Å². The molecule has 0 aliphatic carbocycles. The molecule has 0 saturated carbocycles. The zero-order chi connectivity index (χ0) is 21.4. The zero-order valence-electron chi connectivity index (χ0n) is 17.1.